The van der Waals surface area contributed by atoms with Crippen molar-refractivity contribution in [2.75, 3.05) is 32.8 Å². The minimum atomic E-state index is -0.0680. The fourth-order valence-electron chi connectivity index (χ4n) is 1.98. The van der Waals surface area contributed by atoms with Crippen LogP contribution in [0.2, 0.25) is 0 Å². The molecule has 3 N–H and O–H groups in total. The van der Waals surface area contributed by atoms with Crippen molar-refractivity contribution in [2.24, 2.45) is 0 Å². The van der Waals surface area contributed by atoms with Crippen molar-refractivity contribution in [2.45, 2.75) is 24.9 Å². The Morgan fingerprint density at radius 1 is 1.27 bits per heavy atom. The van der Waals surface area contributed by atoms with Crippen LogP contribution in [0.5, 0.6) is 0 Å². The van der Waals surface area contributed by atoms with E-state index in [9.17, 15) is 4.79 Å². The Kier molecular flexibility index (Phi) is 3.94. The van der Waals surface area contributed by atoms with Gasteiger partial charge in [-0.2, -0.15) is 0 Å². The molecule has 0 saturated carbocycles. The second-order valence-electron chi connectivity index (χ2n) is 4.11. The molecular weight excluding hydrogens is 194 g/mol. The van der Waals surface area contributed by atoms with E-state index in [0.29, 0.717) is 6.04 Å². The first-order valence-electron chi connectivity index (χ1n) is 5.68. The van der Waals surface area contributed by atoms with Gasteiger partial charge in [0.1, 0.15) is 0 Å². The Balaban J connectivity index is 1.74. The number of carbonyl (C=O) groups is 1. The van der Waals surface area contributed by atoms with Crippen LogP contribution < -0.4 is 16.0 Å². The van der Waals surface area contributed by atoms with E-state index in [4.69, 9.17) is 4.74 Å². The maximum absolute atomic E-state index is 11.8. The van der Waals surface area contributed by atoms with Crippen molar-refractivity contribution >= 4 is 5.91 Å². The molecule has 0 aromatic heterocycles. The molecule has 0 bridgehead atoms. The molecule has 1 unspecified atom stereocenters. The van der Waals surface area contributed by atoms with E-state index in [1.165, 1.54) is 0 Å². The quantitative estimate of drug-likeness (QED) is 0.541. The van der Waals surface area contributed by atoms with Gasteiger partial charge in [-0.15, -0.1) is 0 Å². The maximum atomic E-state index is 11.8. The van der Waals surface area contributed by atoms with Gasteiger partial charge in [-0.3, -0.25) is 4.79 Å². The lowest BCUT2D eigenvalue weighted by atomic mass is 10.1. The Morgan fingerprint density at radius 2 is 2.07 bits per heavy atom. The van der Waals surface area contributed by atoms with Crippen molar-refractivity contribution in [3.8, 4) is 0 Å². The van der Waals surface area contributed by atoms with Crippen LogP contribution in [0.15, 0.2) is 0 Å². The van der Waals surface area contributed by atoms with Gasteiger partial charge in [-0.05, 0) is 12.8 Å². The predicted molar refractivity (Wildman–Crippen MR) is 56.6 cm³/mol. The fraction of sp³-hybridized carbons (Fsp3) is 0.900. The lowest BCUT2D eigenvalue weighted by molar-refractivity contribution is -0.124. The number of ether oxygens (including phenoxy) is 1. The first-order valence-corrected chi connectivity index (χ1v) is 5.68. The third-order valence-electron chi connectivity index (χ3n) is 2.93. The first-order chi connectivity index (χ1) is 7.36. The topological polar surface area (TPSA) is 62.4 Å². The van der Waals surface area contributed by atoms with Crippen LogP contribution in [0.25, 0.3) is 0 Å². The second-order valence-corrected chi connectivity index (χ2v) is 4.11. The van der Waals surface area contributed by atoms with Crippen LogP contribution in [-0.4, -0.2) is 50.8 Å². The molecule has 1 atom stereocenters. The largest absolute Gasteiger partial charge is 0.381 e. The molecular formula is C10H19N3O2. The summed E-state index contributed by atoms with van der Waals surface area (Å²) in [5.74, 6) is 0.120. The molecule has 5 heteroatoms. The monoisotopic (exact) mass is 213 g/mol. The third-order valence-corrected chi connectivity index (χ3v) is 2.93. The van der Waals surface area contributed by atoms with Gasteiger partial charge in [0, 0.05) is 38.9 Å². The summed E-state index contributed by atoms with van der Waals surface area (Å²) in [6, 6.07) is 0.233. The number of nitrogens with one attached hydrogen (secondary N) is 3. The Hall–Kier alpha value is -0.650. The van der Waals surface area contributed by atoms with Crippen LogP contribution in [-0.2, 0) is 9.53 Å². The Labute approximate surface area is 89.9 Å². The van der Waals surface area contributed by atoms with Crippen molar-refractivity contribution in [1.82, 2.24) is 16.0 Å². The average molecular weight is 213 g/mol. The zero-order valence-corrected chi connectivity index (χ0v) is 8.92. The summed E-state index contributed by atoms with van der Waals surface area (Å²) in [6.45, 7) is 4.07. The number of hydrogen-bond acceptors (Lipinski definition) is 4. The zero-order valence-electron chi connectivity index (χ0n) is 8.92. The van der Waals surface area contributed by atoms with E-state index >= 15 is 0 Å². The SMILES string of the molecule is O=C(NC1CCOCC1)C1CNCCN1. The van der Waals surface area contributed by atoms with Gasteiger partial charge in [-0.1, -0.05) is 0 Å². The normalized spacial score (nSPS) is 28.7. The number of rotatable bonds is 2. The lowest BCUT2D eigenvalue weighted by Gasteiger charge is -2.28. The predicted octanol–water partition coefficient (Wildman–Crippen LogP) is -1.16. The molecule has 0 spiro atoms. The van der Waals surface area contributed by atoms with Crippen molar-refractivity contribution in [3.63, 3.8) is 0 Å². The summed E-state index contributed by atoms with van der Waals surface area (Å²) in [7, 11) is 0. The van der Waals surface area contributed by atoms with Gasteiger partial charge >= 0.3 is 0 Å². The van der Waals surface area contributed by atoms with E-state index in [0.717, 1.165) is 45.7 Å². The lowest BCUT2D eigenvalue weighted by Crippen LogP contribution is -2.57. The minimum Gasteiger partial charge on any atom is -0.381 e. The molecule has 0 aromatic rings. The van der Waals surface area contributed by atoms with Crippen LogP contribution in [0.4, 0.5) is 0 Å². The Morgan fingerprint density at radius 3 is 2.73 bits per heavy atom. The summed E-state index contributed by atoms with van der Waals surface area (Å²) in [6.07, 6.45) is 1.87. The highest BCUT2D eigenvalue weighted by Crippen LogP contribution is 2.06. The molecule has 2 aliphatic heterocycles. The number of piperazine rings is 1. The Bertz CT molecular complexity index is 211. The molecule has 86 valence electrons. The van der Waals surface area contributed by atoms with Gasteiger partial charge in [0.25, 0.3) is 0 Å². The van der Waals surface area contributed by atoms with E-state index in [-0.39, 0.29) is 11.9 Å². The summed E-state index contributed by atoms with van der Waals surface area (Å²) < 4.78 is 5.25. The molecule has 0 aromatic carbocycles. The minimum absolute atomic E-state index is 0.0680. The van der Waals surface area contributed by atoms with E-state index in [1.807, 2.05) is 0 Å². The highest BCUT2D eigenvalue weighted by molar-refractivity contribution is 5.82. The zero-order chi connectivity index (χ0) is 10.5. The number of amides is 1. The molecule has 2 saturated heterocycles. The van der Waals surface area contributed by atoms with Crippen molar-refractivity contribution in [3.05, 3.63) is 0 Å². The highest BCUT2D eigenvalue weighted by atomic mass is 16.5. The molecule has 2 rings (SSSR count). The first kappa shape index (κ1) is 10.9. The van der Waals surface area contributed by atoms with Gasteiger partial charge < -0.3 is 20.7 Å². The van der Waals surface area contributed by atoms with Crippen LogP contribution in [0.3, 0.4) is 0 Å². The van der Waals surface area contributed by atoms with E-state index in [2.05, 4.69) is 16.0 Å². The molecule has 15 heavy (non-hydrogen) atoms. The van der Waals surface area contributed by atoms with Gasteiger partial charge in [0.2, 0.25) is 5.91 Å². The maximum Gasteiger partial charge on any atom is 0.238 e. The standard InChI is InChI=1S/C10H19N3O2/c14-10(9-7-11-3-4-12-9)13-8-1-5-15-6-2-8/h8-9,11-12H,1-7H2,(H,13,14). The molecule has 2 aliphatic rings. The molecule has 1 amide bonds. The van der Waals surface area contributed by atoms with Crippen LogP contribution >= 0.6 is 0 Å². The third kappa shape index (κ3) is 3.15. The summed E-state index contributed by atoms with van der Waals surface area (Å²) in [5.41, 5.74) is 0. The fourth-order valence-corrected chi connectivity index (χ4v) is 1.98. The summed E-state index contributed by atoms with van der Waals surface area (Å²) in [4.78, 5) is 11.8. The molecule has 2 heterocycles. The summed E-state index contributed by atoms with van der Waals surface area (Å²) >= 11 is 0. The number of hydrogen-bond donors (Lipinski definition) is 3. The molecule has 2 fully saturated rings. The van der Waals surface area contributed by atoms with E-state index < -0.39 is 0 Å². The van der Waals surface area contributed by atoms with Crippen molar-refractivity contribution < 1.29 is 9.53 Å². The van der Waals surface area contributed by atoms with Gasteiger partial charge in [0.15, 0.2) is 0 Å². The summed E-state index contributed by atoms with van der Waals surface area (Å²) in [5, 5.41) is 9.47. The molecule has 0 radical (unpaired) electrons. The van der Waals surface area contributed by atoms with Gasteiger partial charge in [0.05, 0.1) is 6.04 Å². The average Bonchev–Trinajstić information content (AvgIpc) is 2.31. The van der Waals surface area contributed by atoms with Crippen molar-refractivity contribution in [1.29, 1.82) is 0 Å². The second kappa shape index (κ2) is 5.44. The van der Waals surface area contributed by atoms with Crippen LogP contribution in [0.1, 0.15) is 12.8 Å². The van der Waals surface area contributed by atoms with Gasteiger partial charge in [-0.25, -0.2) is 0 Å². The molecule has 5 nitrogen and oxygen atoms in total. The number of carbonyl (C=O) groups excluding carboxylic acids is 1. The highest BCUT2D eigenvalue weighted by Gasteiger charge is 2.23. The smallest absolute Gasteiger partial charge is 0.238 e. The van der Waals surface area contributed by atoms with E-state index in [1.54, 1.807) is 0 Å². The van der Waals surface area contributed by atoms with Crippen LogP contribution in [0, 0.1) is 0 Å². The molecule has 0 aliphatic carbocycles.